The van der Waals surface area contributed by atoms with Gasteiger partial charge in [0.25, 0.3) is 5.69 Å². The molecule has 0 amide bonds. The second kappa shape index (κ2) is 5.89. The summed E-state index contributed by atoms with van der Waals surface area (Å²) in [7, 11) is 0. The maximum Gasteiger partial charge on any atom is 0.272 e. The van der Waals surface area contributed by atoms with Gasteiger partial charge in [0.1, 0.15) is 0 Å². The van der Waals surface area contributed by atoms with Crippen LogP contribution < -0.4 is 4.74 Å². The Bertz CT molecular complexity index is 374. The Morgan fingerprint density at radius 1 is 1.38 bits per heavy atom. The SMILES string of the molecule is O=[N+]([O-])c1cc(Cl)c(OCCCO)c(Cl)c1. The summed E-state index contributed by atoms with van der Waals surface area (Å²) in [6.07, 6.45) is 0.434. The van der Waals surface area contributed by atoms with E-state index in [2.05, 4.69) is 0 Å². The third-order valence-electron chi connectivity index (χ3n) is 1.74. The summed E-state index contributed by atoms with van der Waals surface area (Å²) in [4.78, 5) is 9.90. The molecule has 1 rings (SSSR count). The normalized spacial score (nSPS) is 10.2. The number of ether oxygens (including phenoxy) is 1. The van der Waals surface area contributed by atoms with Crippen LogP contribution in [-0.4, -0.2) is 23.2 Å². The minimum atomic E-state index is -0.588. The van der Waals surface area contributed by atoms with Gasteiger partial charge in [0.2, 0.25) is 0 Å². The lowest BCUT2D eigenvalue weighted by Crippen LogP contribution is -2.01. The summed E-state index contributed by atoms with van der Waals surface area (Å²) in [5.41, 5.74) is -0.190. The Kier molecular flexibility index (Phi) is 4.79. The van der Waals surface area contributed by atoms with E-state index >= 15 is 0 Å². The van der Waals surface area contributed by atoms with Gasteiger partial charge in [-0.05, 0) is 0 Å². The molecular formula is C9H9Cl2NO4. The molecule has 0 aromatic heterocycles. The van der Waals surface area contributed by atoms with E-state index in [0.29, 0.717) is 6.42 Å². The van der Waals surface area contributed by atoms with Crippen molar-refractivity contribution in [1.29, 1.82) is 0 Å². The number of aliphatic hydroxyl groups is 1. The van der Waals surface area contributed by atoms with E-state index in [1.807, 2.05) is 0 Å². The number of aliphatic hydroxyl groups excluding tert-OH is 1. The molecule has 0 spiro atoms. The first kappa shape index (κ1) is 13.0. The van der Waals surface area contributed by atoms with Crippen LogP contribution in [0, 0.1) is 10.1 Å². The minimum Gasteiger partial charge on any atom is -0.490 e. The number of nitro benzene ring substituents is 1. The zero-order valence-electron chi connectivity index (χ0n) is 8.15. The number of halogens is 2. The fraction of sp³-hybridized carbons (Fsp3) is 0.333. The second-order valence-corrected chi connectivity index (χ2v) is 3.74. The van der Waals surface area contributed by atoms with Crippen molar-refractivity contribution in [3.8, 4) is 5.75 Å². The van der Waals surface area contributed by atoms with Crippen molar-refractivity contribution in [2.75, 3.05) is 13.2 Å². The number of hydrogen-bond donors (Lipinski definition) is 1. The van der Waals surface area contributed by atoms with Crippen LogP contribution >= 0.6 is 23.2 Å². The number of hydrogen-bond acceptors (Lipinski definition) is 4. The highest BCUT2D eigenvalue weighted by molar-refractivity contribution is 6.37. The lowest BCUT2D eigenvalue weighted by Gasteiger charge is -2.08. The summed E-state index contributed by atoms with van der Waals surface area (Å²) in [5.74, 6) is 0.197. The Balaban J connectivity index is 2.89. The van der Waals surface area contributed by atoms with Crippen LogP contribution in [0.5, 0.6) is 5.75 Å². The average Bonchev–Trinajstić information content (AvgIpc) is 2.21. The van der Waals surface area contributed by atoms with Crippen molar-refractivity contribution in [1.82, 2.24) is 0 Å². The van der Waals surface area contributed by atoms with Gasteiger partial charge in [-0.15, -0.1) is 0 Å². The first-order chi connectivity index (χ1) is 7.56. The first-order valence-electron chi connectivity index (χ1n) is 4.43. The molecule has 5 nitrogen and oxygen atoms in total. The minimum absolute atomic E-state index is 0.0117. The molecule has 0 unspecified atom stereocenters. The molecule has 0 aliphatic carbocycles. The summed E-state index contributed by atoms with van der Waals surface area (Å²) >= 11 is 11.6. The number of nitro groups is 1. The molecule has 0 radical (unpaired) electrons. The van der Waals surface area contributed by atoms with Crippen LogP contribution in [0.25, 0.3) is 0 Å². The first-order valence-corrected chi connectivity index (χ1v) is 5.19. The largest absolute Gasteiger partial charge is 0.490 e. The van der Waals surface area contributed by atoms with E-state index in [-0.39, 0.29) is 34.7 Å². The van der Waals surface area contributed by atoms with Crippen LogP contribution in [0.4, 0.5) is 5.69 Å². The van der Waals surface area contributed by atoms with Gasteiger partial charge in [-0.1, -0.05) is 23.2 Å². The van der Waals surface area contributed by atoms with Crippen LogP contribution in [0.3, 0.4) is 0 Å². The molecule has 1 aromatic carbocycles. The lowest BCUT2D eigenvalue weighted by atomic mass is 10.3. The molecule has 0 saturated carbocycles. The highest BCUT2D eigenvalue weighted by atomic mass is 35.5. The summed E-state index contributed by atoms with van der Waals surface area (Å²) in [6.45, 7) is 0.232. The van der Waals surface area contributed by atoms with Crippen molar-refractivity contribution >= 4 is 28.9 Å². The van der Waals surface area contributed by atoms with Gasteiger partial charge in [0.05, 0.1) is 21.6 Å². The van der Waals surface area contributed by atoms with E-state index in [4.69, 9.17) is 33.0 Å². The predicted octanol–water partition coefficient (Wildman–Crippen LogP) is 2.66. The van der Waals surface area contributed by atoms with E-state index in [9.17, 15) is 10.1 Å². The smallest absolute Gasteiger partial charge is 0.272 e. The van der Waals surface area contributed by atoms with E-state index < -0.39 is 4.92 Å². The van der Waals surface area contributed by atoms with Gasteiger partial charge in [0, 0.05) is 25.2 Å². The van der Waals surface area contributed by atoms with Gasteiger partial charge in [-0.2, -0.15) is 0 Å². The second-order valence-electron chi connectivity index (χ2n) is 2.92. The van der Waals surface area contributed by atoms with Crippen molar-refractivity contribution in [3.05, 3.63) is 32.3 Å². The Labute approximate surface area is 102 Å². The fourth-order valence-electron chi connectivity index (χ4n) is 1.03. The van der Waals surface area contributed by atoms with Gasteiger partial charge in [-0.3, -0.25) is 10.1 Å². The van der Waals surface area contributed by atoms with E-state index in [0.717, 1.165) is 0 Å². The monoisotopic (exact) mass is 265 g/mol. The number of rotatable bonds is 5. The highest BCUT2D eigenvalue weighted by Crippen LogP contribution is 2.36. The van der Waals surface area contributed by atoms with Gasteiger partial charge in [0.15, 0.2) is 5.75 Å². The average molecular weight is 266 g/mol. The van der Waals surface area contributed by atoms with Gasteiger partial charge < -0.3 is 9.84 Å². The Morgan fingerprint density at radius 3 is 2.38 bits per heavy atom. The topological polar surface area (TPSA) is 72.6 Å². The number of benzene rings is 1. The zero-order chi connectivity index (χ0) is 12.1. The van der Waals surface area contributed by atoms with Crippen LogP contribution in [0.2, 0.25) is 10.0 Å². The molecular weight excluding hydrogens is 257 g/mol. The number of nitrogens with zero attached hydrogens (tertiary/aromatic N) is 1. The molecule has 0 aliphatic rings. The molecule has 0 saturated heterocycles. The van der Waals surface area contributed by atoms with Crippen LogP contribution in [0.15, 0.2) is 12.1 Å². The third kappa shape index (κ3) is 3.23. The molecule has 0 fully saturated rings. The lowest BCUT2D eigenvalue weighted by molar-refractivity contribution is -0.384. The van der Waals surface area contributed by atoms with Gasteiger partial charge in [-0.25, -0.2) is 0 Å². The molecule has 0 bridgehead atoms. The molecule has 0 heterocycles. The summed E-state index contributed by atoms with van der Waals surface area (Å²) < 4.78 is 5.20. The Hall–Kier alpha value is -1.04. The van der Waals surface area contributed by atoms with Crippen LogP contribution in [0.1, 0.15) is 6.42 Å². The zero-order valence-corrected chi connectivity index (χ0v) is 9.66. The van der Waals surface area contributed by atoms with Crippen molar-refractivity contribution in [3.63, 3.8) is 0 Å². The molecule has 1 aromatic rings. The number of non-ortho nitro benzene ring substituents is 1. The molecule has 1 N–H and O–H groups in total. The van der Waals surface area contributed by atoms with Crippen LogP contribution in [-0.2, 0) is 0 Å². The third-order valence-corrected chi connectivity index (χ3v) is 2.30. The van der Waals surface area contributed by atoms with Crippen molar-refractivity contribution in [2.45, 2.75) is 6.42 Å². The van der Waals surface area contributed by atoms with Crippen molar-refractivity contribution in [2.24, 2.45) is 0 Å². The summed E-state index contributed by atoms with van der Waals surface area (Å²) in [5, 5.41) is 19.2. The molecule has 88 valence electrons. The van der Waals surface area contributed by atoms with Gasteiger partial charge >= 0.3 is 0 Å². The quantitative estimate of drug-likeness (QED) is 0.505. The fourth-order valence-corrected chi connectivity index (χ4v) is 1.61. The standard InChI is InChI=1S/C9H9Cl2NO4/c10-7-4-6(12(14)15)5-8(11)9(7)16-3-1-2-13/h4-5,13H,1-3H2. The van der Waals surface area contributed by atoms with E-state index in [1.165, 1.54) is 12.1 Å². The molecule has 7 heteroatoms. The summed E-state index contributed by atoms with van der Waals surface area (Å²) in [6, 6.07) is 2.34. The van der Waals surface area contributed by atoms with E-state index in [1.54, 1.807) is 0 Å². The predicted molar refractivity (Wildman–Crippen MR) is 60.3 cm³/mol. The maximum atomic E-state index is 10.5. The maximum absolute atomic E-state index is 10.5. The molecule has 16 heavy (non-hydrogen) atoms. The highest BCUT2D eigenvalue weighted by Gasteiger charge is 2.15. The Morgan fingerprint density at radius 2 is 1.94 bits per heavy atom. The van der Waals surface area contributed by atoms with Crippen molar-refractivity contribution < 1.29 is 14.8 Å². The molecule has 0 aliphatic heterocycles. The molecule has 0 atom stereocenters.